The van der Waals surface area contributed by atoms with Gasteiger partial charge in [-0.05, 0) is 24.3 Å². The number of benzene rings is 1. The van der Waals surface area contributed by atoms with Crippen LogP contribution in [-0.2, 0) is 0 Å². The molecule has 0 spiro atoms. The lowest BCUT2D eigenvalue weighted by Gasteiger charge is -2.18. The van der Waals surface area contributed by atoms with Crippen LogP contribution in [-0.4, -0.2) is 42.3 Å². The highest BCUT2D eigenvalue weighted by Crippen LogP contribution is 2.32. The summed E-state index contributed by atoms with van der Waals surface area (Å²) in [7, 11) is 4.68. The van der Waals surface area contributed by atoms with Crippen LogP contribution in [0.1, 0.15) is 10.7 Å². The van der Waals surface area contributed by atoms with E-state index in [2.05, 4.69) is 15.1 Å². The molecule has 3 rings (SSSR count). The van der Waals surface area contributed by atoms with Crippen molar-refractivity contribution >= 4 is 11.6 Å². The monoisotopic (exact) mass is 340 g/mol. The highest BCUT2D eigenvalue weighted by Gasteiger charge is 2.23. The van der Waals surface area contributed by atoms with E-state index < -0.39 is 5.91 Å². The Balaban J connectivity index is 1.87. The van der Waals surface area contributed by atoms with Gasteiger partial charge in [-0.15, -0.1) is 0 Å². The Bertz CT molecular complexity index is 879. The van der Waals surface area contributed by atoms with Crippen LogP contribution >= 0.6 is 0 Å². The Morgan fingerprint density at radius 1 is 1.12 bits per heavy atom. The predicted octanol–water partition coefficient (Wildman–Crippen LogP) is 2.43. The van der Waals surface area contributed by atoms with Crippen LogP contribution in [0, 0.1) is 0 Å². The van der Waals surface area contributed by atoms with Crippen molar-refractivity contribution in [3.05, 3.63) is 48.6 Å². The largest absolute Gasteiger partial charge is 0.497 e. The standard InChI is InChI=1S/C17H16N4O4/c1-21(13-5-4-12(23-2)10-14(13)24-3)17(22)16-19-15(20-25-16)11-6-8-18-9-7-11/h4-10H,1-3H3. The third-order valence-corrected chi connectivity index (χ3v) is 3.60. The van der Waals surface area contributed by atoms with Crippen molar-refractivity contribution in [3.63, 3.8) is 0 Å². The molecule has 8 heteroatoms. The zero-order valence-corrected chi connectivity index (χ0v) is 14.0. The van der Waals surface area contributed by atoms with Gasteiger partial charge in [0.1, 0.15) is 11.5 Å². The maximum absolute atomic E-state index is 12.6. The van der Waals surface area contributed by atoms with E-state index in [0.717, 1.165) is 0 Å². The summed E-state index contributed by atoms with van der Waals surface area (Å²) in [5.74, 6) is 0.868. The van der Waals surface area contributed by atoms with Crippen molar-refractivity contribution in [1.82, 2.24) is 15.1 Å². The molecule has 0 bridgehead atoms. The Kier molecular flexibility index (Phi) is 4.60. The van der Waals surface area contributed by atoms with E-state index in [4.69, 9.17) is 14.0 Å². The zero-order valence-electron chi connectivity index (χ0n) is 14.0. The van der Waals surface area contributed by atoms with E-state index in [1.54, 1.807) is 56.9 Å². The van der Waals surface area contributed by atoms with E-state index in [-0.39, 0.29) is 5.89 Å². The van der Waals surface area contributed by atoms with Gasteiger partial charge < -0.3 is 18.9 Å². The number of aromatic nitrogens is 3. The normalized spacial score (nSPS) is 10.4. The summed E-state index contributed by atoms with van der Waals surface area (Å²) in [6.45, 7) is 0. The lowest BCUT2D eigenvalue weighted by Crippen LogP contribution is -2.27. The van der Waals surface area contributed by atoms with E-state index in [0.29, 0.717) is 28.6 Å². The van der Waals surface area contributed by atoms with Gasteiger partial charge in [-0.3, -0.25) is 9.78 Å². The number of carbonyl (C=O) groups is 1. The average molecular weight is 340 g/mol. The molecule has 1 aromatic carbocycles. The molecule has 25 heavy (non-hydrogen) atoms. The molecule has 0 N–H and O–H groups in total. The molecule has 0 saturated carbocycles. The van der Waals surface area contributed by atoms with Crippen molar-refractivity contribution in [3.8, 4) is 22.9 Å². The van der Waals surface area contributed by atoms with Gasteiger partial charge in [0.25, 0.3) is 0 Å². The summed E-state index contributed by atoms with van der Waals surface area (Å²) in [4.78, 5) is 22.1. The summed E-state index contributed by atoms with van der Waals surface area (Å²) in [5, 5.41) is 3.84. The van der Waals surface area contributed by atoms with Gasteiger partial charge in [0, 0.05) is 31.1 Å². The Hall–Kier alpha value is -3.42. The molecule has 128 valence electrons. The fourth-order valence-electron chi connectivity index (χ4n) is 2.24. The van der Waals surface area contributed by atoms with Gasteiger partial charge >= 0.3 is 11.8 Å². The first kappa shape index (κ1) is 16.4. The topological polar surface area (TPSA) is 90.6 Å². The van der Waals surface area contributed by atoms with E-state index in [1.807, 2.05) is 0 Å². The molecule has 0 saturated heterocycles. The summed E-state index contributed by atoms with van der Waals surface area (Å²) in [5.41, 5.74) is 1.26. The van der Waals surface area contributed by atoms with Crippen molar-refractivity contribution in [2.75, 3.05) is 26.2 Å². The van der Waals surface area contributed by atoms with Crippen LogP contribution in [0.15, 0.2) is 47.2 Å². The smallest absolute Gasteiger partial charge is 0.316 e. The molecule has 0 radical (unpaired) electrons. The number of methoxy groups -OCH3 is 2. The number of rotatable bonds is 5. The SMILES string of the molecule is COc1ccc(N(C)C(=O)c2nc(-c3ccncc3)no2)c(OC)c1. The molecule has 0 fully saturated rings. The van der Waals surface area contributed by atoms with Crippen LogP contribution in [0.5, 0.6) is 11.5 Å². The first-order valence-corrected chi connectivity index (χ1v) is 7.38. The second kappa shape index (κ2) is 7.00. The minimum atomic E-state index is -0.448. The predicted molar refractivity (Wildman–Crippen MR) is 89.8 cm³/mol. The maximum Gasteiger partial charge on any atom is 0.316 e. The van der Waals surface area contributed by atoms with Gasteiger partial charge in [0.05, 0.1) is 19.9 Å². The fourth-order valence-corrected chi connectivity index (χ4v) is 2.24. The number of anilines is 1. The highest BCUT2D eigenvalue weighted by atomic mass is 16.5. The van der Waals surface area contributed by atoms with E-state index >= 15 is 0 Å². The number of hydrogen-bond donors (Lipinski definition) is 0. The number of amides is 1. The molecule has 0 aliphatic carbocycles. The van der Waals surface area contributed by atoms with Gasteiger partial charge in [-0.1, -0.05) is 5.16 Å². The first-order valence-electron chi connectivity index (χ1n) is 7.38. The molecular formula is C17H16N4O4. The summed E-state index contributed by atoms with van der Waals surface area (Å²) in [6.07, 6.45) is 3.23. The lowest BCUT2D eigenvalue weighted by molar-refractivity contribution is 0.0950. The Labute approximate surface area is 144 Å². The van der Waals surface area contributed by atoms with Crippen LogP contribution in [0.3, 0.4) is 0 Å². The summed E-state index contributed by atoms with van der Waals surface area (Å²) in [6, 6.07) is 8.60. The van der Waals surface area contributed by atoms with Gasteiger partial charge in [-0.2, -0.15) is 4.98 Å². The second-order valence-electron chi connectivity index (χ2n) is 5.06. The van der Waals surface area contributed by atoms with Crippen molar-refractivity contribution in [2.24, 2.45) is 0 Å². The molecule has 0 atom stereocenters. The molecule has 0 unspecified atom stereocenters. The molecule has 2 heterocycles. The highest BCUT2D eigenvalue weighted by molar-refractivity contribution is 6.03. The van der Waals surface area contributed by atoms with Crippen LogP contribution < -0.4 is 14.4 Å². The fraction of sp³-hybridized carbons (Fsp3) is 0.176. The van der Waals surface area contributed by atoms with E-state index in [1.165, 1.54) is 12.0 Å². The summed E-state index contributed by atoms with van der Waals surface area (Å²) < 4.78 is 15.6. The number of pyridine rings is 1. The van der Waals surface area contributed by atoms with Crippen molar-refractivity contribution < 1.29 is 18.8 Å². The molecule has 2 aromatic heterocycles. The van der Waals surface area contributed by atoms with Gasteiger partial charge in [0.15, 0.2) is 0 Å². The Morgan fingerprint density at radius 3 is 2.56 bits per heavy atom. The first-order chi connectivity index (χ1) is 12.1. The number of ether oxygens (including phenoxy) is 2. The van der Waals surface area contributed by atoms with Crippen molar-refractivity contribution in [2.45, 2.75) is 0 Å². The molecule has 3 aromatic rings. The molecule has 1 amide bonds. The Morgan fingerprint density at radius 2 is 1.88 bits per heavy atom. The molecule has 8 nitrogen and oxygen atoms in total. The van der Waals surface area contributed by atoms with Crippen LogP contribution in [0.25, 0.3) is 11.4 Å². The molecule has 0 aliphatic heterocycles. The minimum absolute atomic E-state index is 0.118. The minimum Gasteiger partial charge on any atom is -0.497 e. The number of nitrogens with zero attached hydrogens (tertiary/aromatic N) is 4. The lowest BCUT2D eigenvalue weighted by atomic mass is 10.2. The van der Waals surface area contributed by atoms with Gasteiger partial charge in [0.2, 0.25) is 5.82 Å². The van der Waals surface area contributed by atoms with Crippen LogP contribution in [0.2, 0.25) is 0 Å². The van der Waals surface area contributed by atoms with Gasteiger partial charge in [-0.25, -0.2) is 0 Å². The third kappa shape index (κ3) is 3.27. The summed E-state index contributed by atoms with van der Waals surface area (Å²) >= 11 is 0. The number of carbonyl (C=O) groups excluding carboxylic acids is 1. The zero-order chi connectivity index (χ0) is 17.8. The third-order valence-electron chi connectivity index (χ3n) is 3.60. The average Bonchev–Trinajstić information content (AvgIpc) is 3.17. The molecular weight excluding hydrogens is 324 g/mol. The quantitative estimate of drug-likeness (QED) is 0.704. The van der Waals surface area contributed by atoms with Crippen molar-refractivity contribution in [1.29, 1.82) is 0 Å². The molecule has 0 aliphatic rings. The maximum atomic E-state index is 12.6. The van der Waals surface area contributed by atoms with E-state index in [9.17, 15) is 4.79 Å². The second-order valence-corrected chi connectivity index (χ2v) is 5.06. The van der Waals surface area contributed by atoms with Crippen LogP contribution in [0.4, 0.5) is 5.69 Å². The number of hydrogen-bond acceptors (Lipinski definition) is 7.